The van der Waals surface area contributed by atoms with Crippen molar-refractivity contribution in [1.29, 1.82) is 0 Å². The third kappa shape index (κ3) is 2.88. The van der Waals surface area contributed by atoms with Gasteiger partial charge in [0.15, 0.2) is 0 Å². The van der Waals surface area contributed by atoms with E-state index in [1.165, 1.54) is 35.0 Å². The van der Waals surface area contributed by atoms with Gasteiger partial charge >= 0.3 is 0 Å². The highest BCUT2D eigenvalue weighted by Gasteiger charge is 2.11. The molecule has 0 aliphatic carbocycles. The van der Waals surface area contributed by atoms with Crippen LogP contribution in [0.25, 0.3) is 21.0 Å². The topological polar surface area (TPSA) is 41.1 Å². The Bertz CT molecular complexity index is 1070. The van der Waals surface area contributed by atoms with Crippen molar-refractivity contribution in [2.75, 3.05) is 23.3 Å². The molecule has 3 heterocycles. The highest BCUT2D eigenvalue weighted by molar-refractivity contribution is 7.17. The lowest BCUT2D eigenvalue weighted by Crippen LogP contribution is -2.29. The normalized spacial score (nSPS) is 14.8. The van der Waals surface area contributed by atoms with Gasteiger partial charge in [0.1, 0.15) is 0 Å². The monoisotopic (exact) mass is 360 g/mol. The molecule has 0 amide bonds. The summed E-state index contributed by atoms with van der Waals surface area (Å²) in [5.41, 5.74) is 3.31. The number of hydrogen-bond donors (Lipinski definition) is 1. The van der Waals surface area contributed by atoms with E-state index in [0.29, 0.717) is 5.95 Å². The summed E-state index contributed by atoms with van der Waals surface area (Å²) in [4.78, 5) is 11.8. The Morgan fingerprint density at radius 1 is 1.00 bits per heavy atom. The zero-order valence-electron chi connectivity index (χ0n) is 14.5. The van der Waals surface area contributed by atoms with Crippen molar-refractivity contribution in [2.24, 2.45) is 0 Å². The number of anilines is 3. The van der Waals surface area contributed by atoms with Crippen molar-refractivity contribution in [3.8, 4) is 0 Å². The van der Waals surface area contributed by atoms with Gasteiger partial charge in [-0.05, 0) is 61.0 Å². The molecule has 0 radical (unpaired) electrons. The maximum absolute atomic E-state index is 4.78. The van der Waals surface area contributed by atoms with Crippen LogP contribution in [0.2, 0.25) is 0 Å². The molecule has 0 spiro atoms. The van der Waals surface area contributed by atoms with Gasteiger partial charge in [0.05, 0.1) is 5.52 Å². The Balaban J connectivity index is 1.47. The Hall–Kier alpha value is -2.66. The first kappa shape index (κ1) is 15.6. The van der Waals surface area contributed by atoms with Crippen LogP contribution in [-0.4, -0.2) is 23.1 Å². The second-order valence-electron chi connectivity index (χ2n) is 6.75. The maximum atomic E-state index is 4.78. The molecular formula is C21H20N4S. The van der Waals surface area contributed by atoms with Crippen molar-refractivity contribution in [1.82, 2.24) is 9.97 Å². The molecule has 130 valence electrons. The highest BCUT2D eigenvalue weighted by atomic mass is 32.1. The number of rotatable bonds is 3. The molecule has 1 aliphatic rings. The van der Waals surface area contributed by atoms with E-state index >= 15 is 0 Å². The van der Waals surface area contributed by atoms with Gasteiger partial charge in [-0.3, -0.25) is 0 Å². The van der Waals surface area contributed by atoms with E-state index in [4.69, 9.17) is 4.98 Å². The fourth-order valence-corrected chi connectivity index (χ4v) is 4.45. The van der Waals surface area contributed by atoms with E-state index < -0.39 is 0 Å². The fourth-order valence-electron chi connectivity index (χ4n) is 3.66. The standard InChI is InChI=1S/C21H20N4S/c1-2-10-25(11-3-1)17-6-4-5-16(13-17)23-21-22-14-15-7-8-19-18(9-12-26-19)20(15)24-21/h4-9,12-14H,1-3,10-11H2,(H,22,23,24). The van der Waals surface area contributed by atoms with Crippen LogP contribution in [0.1, 0.15) is 19.3 Å². The Kier molecular flexibility index (Phi) is 3.94. The van der Waals surface area contributed by atoms with Crippen LogP contribution >= 0.6 is 11.3 Å². The van der Waals surface area contributed by atoms with Crippen LogP contribution in [0.3, 0.4) is 0 Å². The third-order valence-corrected chi connectivity index (χ3v) is 5.89. The minimum absolute atomic E-state index is 0.645. The predicted molar refractivity (Wildman–Crippen MR) is 111 cm³/mol. The van der Waals surface area contributed by atoms with Gasteiger partial charge in [-0.25, -0.2) is 9.97 Å². The van der Waals surface area contributed by atoms with Gasteiger partial charge in [-0.15, -0.1) is 11.3 Å². The van der Waals surface area contributed by atoms with E-state index in [1.54, 1.807) is 11.3 Å². The van der Waals surface area contributed by atoms with Gasteiger partial charge in [0, 0.05) is 46.1 Å². The number of aromatic nitrogens is 2. The first-order chi connectivity index (χ1) is 12.9. The average molecular weight is 360 g/mol. The summed E-state index contributed by atoms with van der Waals surface area (Å²) in [6.07, 6.45) is 5.80. The number of benzene rings is 2. The summed E-state index contributed by atoms with van der Waals surface area (Å²) in [5, 5.41) is 7.77. The lowest BCUT2D eigenvalue weighted by Gasteiger charge is -2.29. The van der Waals surface area contributed by atoms with E-state index in [9.17, 15) is 0 Å². The molecule has 4 aromatic rings. The minimum Gasteiger partial charge on any atom is -0.371 e. The molecule has 1 fully saturated rings. The lowest BCUT2D eigenvalue weighted by molar-refractivity contribution is 0.578. The number of thiophene rings is 1. The van der Waals surface area contributed by atoms with Crippen LogP contribution < -0.4 is 10.2 Å². The zero-order chi connectivity index (χ0) is 17.3. The second-order valence-corrected chi connectivity index (χ2v) is 7.70. The van der Waals surface area contributed by atoms with Gasteiger partial charge < -0.3 is 10.2 Å². The summed E-state index contributed by atoms with van der Waals surface area (Å²) >= 11 is 1.74. The molecule has 0 saturated carbocycles. The smallest absolute Gasteiger partial charge is 0.227 e. The molecule has 5 rings (SSSR count). The van der Waals surface area contributed by atoms with Gasteiger partial charge in [-0.2, -0.15) is 0 Å². The summed E-state index contributed by atoms with van der Waals surface area (Å²) in [5.74, 6) is 0.645. The first-order valence-electron chi connectivity index (χ1n) is 9.12. The largest absolute Gasteiger partial charge is 0.371 e. The first-order valence-corrected chi connectivity index (χ1v) is 10.00. The van der Waals surface area contributed by atoms with Crippen molar-refractivity contribution in [3.05, 3.63) is 54.0 Å². The van der Waals surface area contributed by atoms with E-state index in [-0.39, 0.29) is 0 Å². The Morgan fingerprint density at radius 3 is 2.85 bits per heavy atom. The maximum Gasteiger partial charge on any atom is 0.227 e. The minimum atomic E-state index is 0.645. The SMILES string of the molecule is c1cc(Nc2ncc3ccc4sccc4c3n2)cc(N2CCCCC2)c1. The molecular weight excluding hydrogens is 340 g/mol. The van der Waals surface area contributed by atoms with Gasteiger partial charge in [0.2, 0.25) is 5.95 Å². The van der Waals surface area contributed by atoms with Crippen LogP contribution in [0.5, 0.6) is 0 Å². The zero-order valence-corrected chi connectivity index (χ0v) is 15.3. The number of piperidine rings is 1. The van der Waals surface area contributed by atoms with E-state index in [2.05, 4.69) is 63.0 Å². The van der Waals surface area contributed by atoms with Gasteiger partial charge in [-0.1, -0.05) is 6.07 Å². The molecule has 1 aliphatic heterocycles. The Morgan fingerprint density at radius 2 is 1.92 bits per heavy atom. The molecule has 4 nitrogen and oxygen atoms in total. The quantitative estimate of drug-likeness (QED) is 0.518. The third-order valence-electron chi connectivity index (χ3n) is 5.01. The summed E-state index contributed by atoms with van der Waals surface area (Å²) in [6.45, 7) is 2.29. The van der Waals surface area contributed by atoms with Crippen molar-refractivity contribution < 1.29 is 0 Å². The number of nitrogens with one attached hydrogen (secondary N) is 1. The number of fused-ring (bicyclic) bond motifs is 3. The van der Waals surface area contributed by atoms with Crippen molar-refractivity contribution in [3.63, 3.8) is 0 Å². The predicted octanol–water partition coefficient (Wildman–Crippen LogP) is 5.58. The van der Waals surface area contributed by atoms with Crippen LogP contribution in [0, 0.1) is 0 Å². The van der Waals surface area contributed by atoms with Crippen LogP contribution in [0.15, 0.2) is 54.0 Å². The fraction of sp³-hybridized carbons (Fsp3) is 0.238. The van der Waals surface area contributed by atoms with Crippen molar-refractivity contribution in [2.45, 2.75) is 19.3 Å². The molecule has 1 saturated heterocycles. The average Bonchev–Trinajstić information content (AvgIpc) is 3.18. The molecule has 26 heavy (non-hydrogen) atoms. The molecule has 0 unspecified atom stereocenters. The molecule has 2 aromatic carbocycles. The van der Waals surface area contributed by atoms with Crippen LogP contribution in [0.4, 0.5) is 17.3 Å². The Labute approximate surface area is 156 Å². The van der Waals surface area contributed by atoms with Crippen molar-refractivity contribution >= 4 is 49.6 Å². The van der Waals surface area contributed by atoms with E-state index in [1.807, 2.05) is 6.20 Å². The van der Waals surface area contributed by atoms with Gasteiger partial charge in [0.25, 0.3) is 0 Å². The second kappa shape index (κ2) is 6.57. The van der Waals surface area contributed by atoms with E-state index in [0.717, 1.165) is 29.7 Å². The summed E-state index contributed by atoms with van der Waals surface area (Å²) in [7, 11) is 0. The summed E-state index contributed by atoms with van der Waals surface area (Å²) < 4.78 is 1.26. The molecule has 0 bridgehead atoms. The molecule has 5 heteroatoms. The van der Waals surface area contributed by atoms with Crippen LogP contribution in [-0.2, 0) is 0 Å². The molecule has 2 aromatic heterocycles. The molecule has 1 N–H and O–H groups in total. The molecule has 0 atom stereocenters. The summed E-state index contributed by atoms with van der Waals surface area (Å²) in [6, 6.07) is 14.9. The number of nitrogens with zero attached hydrogens (tertiary/aromatic N) is 3. The highest BCUT2D eigenvalue weighted by Crippen LogP contribution is 2.29. The number of hydrogen-bond acceptors (Lipinski definition) is 5. The lowest BCUT2D eigenvalue weighted by atomic mass is 10.1.